The maximum Gasteiger partial charge on any atom is 0.149 e. The van der Waals surface area contributed by atoms with Crippen molar-refractivity contribution in [3.8, 4) is 0 Å². The van der Waals surface area contributed by atoms with Gasteiger partial charge in [0.15, 0.2) is 0 Å². The summed E-state index contributed by atoms with van der Waals surface area (Å²) < 4.78 is 28.6. The van der Waals surface area contributed by atoms with E-state index in [-0.39, 0.29) is 5.69 Å². The molecular weight excluding hydrogens is 258 g/mol. The van der Waals surface area contributed by atoms with Crippen LogP contribution in [0.15, 0.2) is 12.1 Å². The van der Waals surface area contributed by atoms with E-state index in [0.29, 0.717) is 30.7 Å². The van der Waals surface area contributed by atoms with Crippen LogP contribution in [0.1, 0.15) is 45.6 Å². The van der Waals surface area contributed by atoms with E-state index in [1.165, 1.54) is 12.1 Å². The van der Waals surface area contributed by atoms with Crippen molar-refractivity contribution in [1.82, 2.24) is 5.32 Å². The van der Waals surface area contributed by atoms with Crippen LogP contribution < -0.4 is 10.2 Å². The van der Waals surface area contributed by atoms with Gasteiger partial charge in [-0.25, -0.2) is 8.78 Å². The van der Waals surface area contributed by atoms with E-state index in [2.05, 4.69) is 5.32 Å². The van der Waals surface area contributed by atoms with Crippen molar-refractivity contribution in [2.24, 2.45) is 0 Å². The molecule has 0 aliphatic heterocycles. The van der Waals surface area contributed by atoms with Crippen LogP contribution in [0.4, 0.5) is 14.5 Å². The van der Waals surface area contributed by atoms with Gasteiger partial charge in [0.1, 0.15) is 17.3 Å². The minimum Gasteiger partial charge on any atom is -0.364 e. The summed E-state index contributed by atoms with van der Waals surface area (Å²) in [6, 6.07) is 3.53. The molecule has 0 atom stereocenters. The summed E-state index contributed by atoms with van der Waals surface area (Å²) in [5, 5.41) is 3.18. The smallest absolute Gasteiger partial charge is 0.149 e. The Bertz CT molecular complexity index is 433. The molecule has 0 spiro atoms. The number of hydrogen-bond acceptors (Lipinski definition) is 2. The highest BCUT2D eigenvalue weighted by Gasteiger charge is 2.32. The number of benzene rings is 1. The van der Waals surface area contributed by atoms with E-state index in [4.69, 9.17) is 0 Å². The van der Waals surface area contributed by atoms with Crippen molar-refractivity contribution in [3.63, 3.8) is 0 Å². The molecule has 0 aromatic heterocycles. The van der Waals surface area contributed by atoms with Crippen molar-refractivity contribution in [2.75, 3.05) is 11.4 Å². The number of nitrogens with one attached hydrogen (secondary N) is 1. The molecule has 0 radical (unpaired) electrons. The highest BCUT2D eigenvalue weighted by molar-refractivity contribution is 5.52. The zero-order valence-corrected chi connectivity index (χ0v) is 12.5. The van der Waals surface area contributed by atoms with Crippen molar-refractivity contribution in [3.05, 3.63) is 29.3 Å². The third-order valence-corrected chi connectivity index (χ3v) is 3.53. The molecule has 4 heteroatoms. The molecule has 0 unspecified atom stereocenters. The summed E-state index contributed by atoms with van der Waals surface area (Å²) in [7, 11) is 0. The second-order valence-electron chi connectivity index (χ2n) is 5.87. The number of halogens is 2. The lowest BCUT2D eigenvalue weighted by Gasteiger charge is -2.25. The van der Waals surface area contributed by atoms with Gasteiger partial charge in [0, 0.05) is 25.2 Å². The van der Waals surface area contributed by atoms with Crippen LogP contribution in [-0.2, 0) is 6.54 Å². The fraction of sp³-hybridized carbons (Fsp3) is 0.625. The lowest BCUT2D eigenvalue weighted by Crippen LogP contribution is -2.29. The first-order valence-corrected chi connectivity index (χ1v) is 7.50. The molecule has 0 bridgehead atoms. The Hall–Kier alpha value is -1.16. The van der Waals surface area contributed by atoms with Gasteiger partial charge in [-0.1, -0.05) is 20.8 Å². The zero-order chi connectivity index (χ0) is 14.7. The van der Waals surface area contributed by atoms with Crippen molar-refractivity contribution >= 4 is 5.69 Å². The van der Waals surface area contributed by atoms with Crippen LogP contribution in [0.25, 0.3) is 0 Å². The number of rotatable bonds is 7. The van der Waals surface area contributed by atoms with E-state index in [9.17, 15) is 8.78 Å². The minimum absolute atomic E-state index is 0.155. The van der Waals surface area contributed by atoms with Gasteiger partial charge in [0.25, 0.3) is 0 Å². The summed E-state index contributed by atoms with van der Waals surface area (Å²) in [5.41, 5.74) is 0.812. The Kier molecular flexibility index (Phi) is 4.97. The number of anilines is 1. The summed E-state index contributed by atoms with van der Waals surface area (Å²) in [4.78, 5) is 1.89. The molecule has 1 aromatic carbocycles. The van der Waals surface area contributed by atoms with Crippen LogP contribution in [0.5, 0.6) is 0 Å². The second-order valence-corrected chi connectivity index (χ2v) is 5.87. The van der Waals surface area contributed by atoms with Gasteiger partial charge in [-0.3, -0.25) is 0 Å². The molecular formula is C16H24F2N2. The maximum absolute atomic E-state index is 14.3. The first-order chi connectivity index (χ1) is 9.52. The van der Waals surface area contributed by atoms with Gasteiger partial charge in [-0.05, 0) is 37.0 Å². The summed E-state index contributed by atoms with van der Waals surface area (Å²) >= 11 is 0. The van der Waals surface area contributed by atoms with E-state index in [0.717, 1.165) is 19.3 Å². The molecule has 112 valence electrons. The number of hydrogen-bond donors (Lipinski definition) is 1. The predicted molar refractivity (Wildman–Crippen MR) is 79.0 cm³/mol. The Morgan fingerprint density at radius 1 is 1.25 bits per heavy atom. The molecule has 20 heavy (non-hydrogen) atoms. The van der Waals surface area contributed by atoms with Gasteiger partial charge in [0.05, 0.1) is 0 Å². The van der Waals surface area contributed by atoms with Crippen LogP contribution in [0, 0.1) is 11.6 Å². The molecule has 2 rings (SSSR count). The maximum atomic E-state index is 14.3. The van der Waals surface area contributed by atoms with E-state index in [1.807, 2.05) is 25.7 Å². The molecule has 0 amide bonds. The van der Waals surface area contributed by atoms with Crippen molar-refractivity contribution in [2.45, 2.75) is 58.7 Å². The average Bonchev–Trinajstić information content (AvgIpc) is 3.18. The topological polar surface area (TPSA) is 15.3 Å². The molecule has 1 aliphatic rings. The molecule has 1 saturated carbocycles. The first-order valence-electron chi connectivity index (χ1n) is 7.50. The lowest BCUT2D eigenvalue weighted by molar-refractivity contribution is 0.551. The molecule has 2 nitrogen and oxygen atoms in total. The fourth-order valence-corrected chi connectivity index (χ4v) is 2.42. The Balaban J connectivity index is 2.20. The second kappa shape index (κ2) is 6.53. The van der Waals surface area contributed by atoms with Crippen LogP contribution in [0.2, 0.25) is 0 Å². The molecule has 0 heterocycles. The Morgan fingerprint density at radius 3 is 2.30 bits per heavy atom. The van der Waals surface area contributed by atoms with Crippen molar-refractivity contribution in [1.29, 1.82) is 0 Å². The monoisotopic (exact) mass is 282 g/mol. The third kappa shape index (κ3) is 3.69. The van der Waals surface area contributed by atoms with E-state index in [1.54, 1.807) is 0 Å². The molecule has 1 aliphatic carbocycles. The standard InChI is InChI=1S/C16H24F2N2/c1-4-7-20(13-5-6-13)16-14(17)8-12(9-15(16)18)10-19-11(2)3/h8-9,11,13,19H,4-7,10H2,1-3H3. The predicted octanol–water partition coefficient (Wildman–Crippen LogP) is 3.84. The third-order valence-electron chi connectivity index (χ3n) is 3.53. The lowest BCUT2D eigenvalue weighted by atomic mass is 10.1. The quantitative estimate of drug-likeness (QED) is 0.817. The normalized spacial score (nSPS) is 14.9. The summed E-state index contributed by atoms with van der Waals surface area (Å²) in [6.45, 7) is 7.26. The van der Waals surface area contributed by atoms with E-state index < -0.39 is 11.6 Å². The minimum atomic E-state index is -0.439. The summed E-state index contributed by atoms with van der Waals surface area (Å²) in [6.07, 6.45) is 2.97. The first kappa shape index (κ1) is 15.2. The number of nitrogens with zero attached hydrogens (tertiary/aromatic N) is 1. The highest BCUT2D eigenvalue weighted by Crippen LogP contribution is 2.35. The van der Waals surface area contributed by atoms with E-state index >= 15 is 0 Å². The Morgan fingerprint density at radius 2 is 1.85 bits per heavy atom. The molecule has 1 fully saturated rings. The van der Waals surface area contributed by atoms with Crippen LogP contribution in [0.3, 0.4) is 0 Å². The average molecular weight is 282 g/mol. The Labute approximate surface area is 120 Å². The van der Waals surface area contributed by atoms with Gasteiger partial charge < -0.3 is 10.2 Å². The van der Waals surface area contributed by atoms with Crippen LogP contribution >= 0.6 is 0 Å². The van der Waals surface area contributed by atoms with Crippen molar-refractivity contribution < 1.29 is 8.78 Å². The van der Waals surface area contributed by atoms with Gasteiger partial charge in [-0.2, -0.15) is 0 Å². The van der Waals surface area contributed by atoms with Gasteiger partial charge >= 0.3 is 0 Å². The zero-order valence-electron chi connectivity index (χ0n) is 12.5. The SMILES string of the molecule is CCCN(c1c(F)cc(CNC(C)C)cc1F)C1CC1. The highest BCUT2D eigenvalue weighted by atomic mass is 19.1. The summed E-state index contributed by atoms with van der Waals surface area (Å²) in [5.74, 6) is -0.878. The molecule has 1 aromatic rings. The van der Waals surface area contributed by atoms with Gasteiger partial charge in [-0.15, -0.1) is 0 Å². The van der Waals surface area contributed by atoms with Gasteiger partial charge in [0.2, 0.25) is 0 Å². The molecule has 1 N–H and O–H groups in total. The molecule has 0 saturated heterocycles. The fourth-order valence-electron chi connectivity index (χ4n) is 2.42. The largest absolute Gasteiger partial charge is 0.364 e. The van der Waals surface area contributed by atoms with Crippen LogP contribution in [-0.4, -0.2) is 18.6 Å².